The summed E-state index contributed by atoms with van der Waals surface area (Å²) >= 11 is 0. The highest BCUT2D eigenvalue weighted by atomic mass is 16.6. The Morgan fingerprint density at radius 2 is 2.08 bits per heavy atom. The summed E-state index contributed by atoms with van der Waals surface area (Å²) in [7, 11) is 0. The molecular weight excluding hydrogens is 168 g/mol. The number of ether oxygens (including phenoxy) is 2. The van der Waals surface area contributed by atoms with Crippen molar-refractivity contribution in [2.24, 2.45) is 0 Å². The molecular formula is C10H11O3. The molecule has 1 radical (unpaired) electrons. The Hall–Kier alpha value is -1.51. The van der Waals surface area contributed by atoms with Crippen LogP contribution in [0.4, 0.5) is 0 Å². The van der Waals surface area contributed by atoms with E-state index >= 15 is 0 Å². The molecule has 0 saturated heterocycles. The summed E-state index contributed by atoms with van der Waals surface area (Å²) in [5, 5.41) is 0. The highest BCUT2D eigenvalue weighted by molar-refractivity contribution is 5.66. The van der Waals surface area contributed by atoms with Crippen molar-refractivity contribution < 1.29 is 14.3 Å². The normalized spacial score (nSPS) is 9.31. The van der Waals surface area contributed by atoms with Crippen LogP contribution >= 0.6 is 0 Å². The molecule has 0 aliphatic rings. The van der Waals surface area contributed by atoms with Gasteiger partial charge in [0.2, 0.25) is 0 Å². The van der Waals surface area contributed by atoms with Crippen LogP contribution in [0.15, 0.2) is 30.3 Å². The maximum atomic E-state index is 10.3. The number of para-hydroxylation sites is 1. The maximum absolute atomic E-state index is 10.3. The van der Waals surface area contributed by atoms with Crippen LogP contribution in [0, 0.1) is 6.61 Å². The van der Waals surface area contributed by atoms with Crippen LogP contribution in [0.2, 0.25) is 0 Å². The van der Waals surface area contributed by atoms with Crippen molar-refractivity contribution in [1.82, 2.24) is 0 Å². The van der Waals surface area contributed by atoms with Crippen LogP contribution in [-0.2, 0) is 9.53 Å². The van der Waals surface area contributed by atoms with Crippen molar-refractivity contribution >= 4 is 5.97 Å². The standard InChI is InChI=1S/C10H11O3/c1-9(11)12-7-8-13-10-5-3-2-4-6-10/h2-7H,8H2,1H3. The summed E-state index contributed by atoms with van der Waals surface area (Å²) in [6.45, 7) is 2.94. The molecule has 0 heterocycles. The molecule has 0 saturated carbocycles. The molecule has 1 aromatic carbocycles. The van der Waals surface area contributed by atoms with Gasteiger partial charge in [-0.05, 0) is 12.1 Å². The summed E-state index contributed by atoms with van der Waals surface area (Å²) < 4.78 is 9.80. The SMILES string of the molecule is CC(=O)O[CH]COc1ccccc1. The van der Waals surface area contributed by atoms with E-state index in [9.17, 15) is 4.79 Å². The van der Waals surface area contributed by atoms with Gasteiger partial charge >= 0.3 is 5.97 Å². The second kappa shape index (κ2) is 5.19. The maximum Gasteiger partial charge on any atom is 0.303 e. The average Bonchev–Trinajstić information content (AvgIpc) is 2.14. The fourth-order valence-electron chi connectivity index (χ4n) is 0.798. The van der Waals surface area contributed by atoms with E-state index in [1.165, 1.54) is 13.5 Å². The average molecular weight is 179 g/mol. The predicted octanol–water partition coefficient (Wildman–Crippen LogP) is 1.79. The van der Waals surface area contributed by atoms with E-state index in [-0.39, 0.29) is 12.6 Å². The molecule has 1 rings (SSSR count). The van der Waals surface area contributed by atoms with Crippen molar-refractivity contribution in [3.63, 3.8) is 0 Å². The zero-order valence-corrected chi connectivity index (χ0v) is 7.40. The van der Waals surface area contributed by atoms with E-state index in [4.69, 9.17) is 4.74 Å². The first-order chi connectivity index (χ1) is 6.29. The lowest BCUT2D eigenvalue weighted by Gasteiger charge is -2.04. The lowest BCUT2D eigenvalue weighted by atomic mass is 10.3. The Kier molecular flexibility index (Phi) is 3.82. The third kappa shape index (κ3) is 4.15. The summed E-state index contributed by atoms with van der Waals surface area (Å²) in [6.07, 6.45) is 0. The van der Waals surface area contributed by atoms with Crippen molar-refractivity contribution in [3.8, 4) is 5.75 Å². The Morgan fingerprint density at radius 3 is 2.69 bits per heavy atom. The Labute approximate surface area is 77.3 Å². The molecule has 13 heavy (non-hydrogen) atoms. The highest BCUT2D eigenvalue weighted by Gasteiger charge is 1.94. The van der Waals surface area contributed by atoms with Gasteiger partial charge in [-0.25, -0.2) is 0 Å². The summed E-state index contributed by atoms with van der Waals surface area (Å²) in [5.74, 6) is 0.419. The third-order valence-corrected chi connectivity index (χ3v) is 1.31. The number of rotatable bonds is 4. The second-order valence-electron chi connectivity index (χ2n) is 2.40. The number of carbonyl (C=O) groups is 1. The van der Waals surface area contributed by atoms with Crippen molar-refractivity contribution in [1.29, 1.82) is 0 Å². The largest absolute Gasteiger partial charge is 0.490 e. The number of hydrogen-bond donors (Lipinski definition) is 0. The quantitative estimate of drug-likeness (QED) is 0.522. The van der Waals surface area contributed by atoms with Gasteiger partial charge in [-0.2, -0.15) is 0 Å². The first kappa shape index (κ1) is 9.58. The van der Waals surface area contributed by atoms with Crippen LogP contribution in [0.1, 0.15) is 6.92 Å². The molecule has 3 nitrogen and oxygen atoms in total. The molecule has 0 N–H and O–H groups in total. The van der Waals surface area contributed by atoms with Gasteiger partial charge in [0, 0.05) is 6.92 Å². The van der Waals surface area contributed by atoms with Crippen LogP contribution in [0.25, 0.3) is 0 Å². The van der Waals surface area contributed by atoms with E-state index in [1.54, 1.807) is 0 Å². The summed E-state index contributed by atoms with van der Waals surface area (Å²) in [6, 6.07) is 9.33. The first-order valence-electron chi connectivity index (χ1n) is 3.96. The van der Waals surface area contributed by atoms with E-state index in [0.29, 0.717) is 0 Å². The van der Waals surface area contributed by atoms with Gasteiger partial charge in [-0.3, -0.25) is 4.79 Å². The predicted molar refractivity (Wildman–Crippen MR) is 48.0 cm³/mol. The third-order valence-electron chi connectivity index (χ3n) is 1.31. The minimum Gasteiger partial charge on any atom is -0.490 e. The van der Waals surface area contributed by atoms with Gasteiger partial charge in [0.05, 0.1) is 0 Å². The fraction of sp³-hybridized carbons (Fsp3) is 0.200. The summed E-state index contributed by atoms with van der Waals surface area (Å²) in [4.78, 5) is 10.3. The van der Waals surface area contributed by atoms with Crippen molar-refractivity contribution in [2.45, 2.75) is 6.92 Å². The molecule has 0 bridgehead atoms. The minimum absolute atomic E-state index is 0.267. The zero-order chi connectivity index (χ0) is 9.52. The van der Waals surface area contributed by atoms with Crippen LogP contribution in [0.3, 0.4) is 0 Å². The molecule has 0 unspecified atom stereocenters. The lowest BCUT2D eigenvalue weighted by molar-refractivity contribution is -0.138. The van der Waals surface area contributed by atoms with E-state index in [1.807, 2.05) is 30.3 Å². The molecule has 0 spiro atoms. The Morgan fingerprint density at radius 1 is 1.38 bits per heavy atom. The second-order valence-corrected chi connectivity index (χ2v) is 2.40. The van der Waals surface area contributed by atoms with Gasteiger partial charge in [0.25, 0.3) is 0 Å². The molecule has 0 aliphatic heterocycles. The smallest absolute Gasteiger partial charge is 0.303 e. The Bertz CT molecular complexity index is 256. The van der Waals surface area contributed by atoms with Crippen molar-refractivity contribution in [2.75, 3.05) is 6.61 Å². The fourth-order valence-corrected chi connectivity index (χ4v) is 0.798. The van der Waals surface area contributed by atoms with Crippen LogP contribution < -0.4 is 4.74 Å². The van der Waals surface area contributed by atoms with Gasteiger partial charge < -0.3 is 9.47 Å². The molecule has 3 heteroatoms. The monoisotopic (exact) mass is 179 g/mol. The highest BCUT2D eigenvalue weighted by Crippen LogP contribution is 2.08. The molecule has 1 aromatic rings. The van der Waals surface area contributed by atoms with Crippen LogP contribution in [0.5, 0.6) is 5.75 Å². The number of carbonyl (C=O) groups excluding carboxylic acids is 1. The zero-order valence-electron chi connectivity index (χ0n) is 7.40. The number of hydrogen-bond acceptors (Lipinski definition) is 3. The summed E-state index contributed by atoms with van der Waals surface area (Å²) in [5.41, 5.74) is 0. The van der Waals surface area contributed by atoms with Gasteiger partial charge in [-0.15, -0.1) is 0 Å². The first-order valence-corrected chi connectivity index (χ1v) is 3.96. The van der Waals surface area contributed by atoms with Gasteiger partial charge in [0.15, 0.2) is 6.61 Å². The van der Waals surface area contributed by atoms with E-state index < -0.39 is 0 Å². The Balaban J connectivity index is 2.17. The molecule has 0 fully saturated rings. The molecule has 0 amide bonds. The molecule has 0 atom stereocenters. The molecule has 0 aromatic heterocycles. The van der Waals surface area contributed by atoms with Crippen LogP contribution in [-0.4, -0.2) is 12.6 Å². The van der Waals surface area contributed by atoms with E-state index in [0.717, 1.165) is 5.75 Å². The molecule has 69 valence electrons. The topological polar surface area (TPSA) is 35.5 Å². The van der Waals surface area contributed by atoms with E-state index in [2.05, 4.69) is 4.74 Å². The minimum atomic E-state index is -0.336. The lowest BCUT2D eigenvalue weighted by Crippen LogP contribution is -2.03. The van der Waals surface area contributed by atoms with Gasteiger partial charge in [-0.1, -0.05) is 18.2 Å². The number of esters is 1. The molecule has 0 aliphatic carbocycles. The number of benzene rings is 1. The van der Waals surface area contributed by atoms with Crippen molar-refractivity contribution in [3.05, 3.63) is 36.9 Å². The van der Waals surface area contributed by atoms with Gasteiger partial charge in [0.1, 0.15) is 12.4 Å².